The van der Waals surface area contributed by atoms with Gasteiger partial charge in [0.25, 0.3) is 11.6 Å². The normalized spacial score (nSPS) is 9.71. The van der Waals surface area contributed by atoms with E-state index in [-0.39, 0.29) is 11.3 Å². The second-order valence-electron chi connectivity index (χ2n) is 4.40. The first-order valence-corrected chi connectivity index (χ1v) is 6.08. The molecule has 0 unspecified atom stereocenters. The van der Waals surface area contributed by atoms with Crippen LogP contribution in [-0.2, 0) is 0 Å². The molecular formula is C15H11N3O3. The van der Waals surface area contributed by atoms with E-state index >= 15 is 0 Å². The van der Waals surface area contributed by atoms with Crippen LogP contribution in [0.3, 0.4) is 0 Å². The van der Waals surface area contributed by atoms with Gasteiger partial charge in [0.2, 0.25) is 0 Å². The lowest BCUT2D eigenvalue weighted by atomic mass is 10.1. The zero-order valence-electron chi connectivity index (χ0n) is 11.2. The molecule has 0 saturated heterocycles. The molecule has 2 rings (SSSR count). The number of rotatable bonds is 3. The van der Waals surface area contributed by atoms with E-state index < -0.39 is 10.8 Å². The third-order valence-corrected chi connectivity index (χ3v) is 2.93. The summed E-state index contributed by atoms with van der Waals surface area (Å²) in [5.74, 6) is -0.453. The highest BCUT2D eigenvalue weighted by Crippen LogP contribution is 2.19. The summed E-state index contributed by atoms with van der Waals surface area (Å²) in [6, 6.07) is 12.5. The standard InChI is InChI=1S/C15H11N3O3/c1-10-5-6-13(18(20)21)8-14(10)15(19)17-12-4-2-3-11(7-12)9-16/h2-8H,1H3,(H,17,19). The molecule has 0 spiro atoms. The van der Waals surface area contributed by atoms with Crippen molar-refractivity contribution in [3.8, 4) is 6.07 Å². The van der Waals surface area contributed by atoms with E-state index in [1.54, 1.807) is 25.1 Å². The Balaban J connectivity index is 2.30. The van der Waals surface area contributed by atoms with Crippen molar-refractivity contribution in [3.05, 3.63) is 69.3 Å². The van der Waals surface area contributed by atoms with E-state index in [0.717, 1.165) is 0 Å². The predicted molar refractivity (Wildman–Crippen MR) is 76.9 cm³/mol. The third-order valence-electron chi connectivity index (χ3n) is 2.93. The smallest absolute Gasteiger partial charge is 0.270 e. The second-order valence-corrected chi connectivity index (χ2v) is 4.40. The number of nitrogens with zero attached hydrogens (tertiary/aromatic N) is 2. The number of amides is 1. The number of benzene rings is 2. The number of anilines is 1. The molecule has 104 valence electrons. The number of non-ortho nitro benzene ring substituents is 1. The van der Waals surface area contributed by atoms with Crippen LogP contribution in [0, 0.1) is 28.4 Å². The summed E-state index contributed by atoms with van der Waals surface area (Å²) in [6.45, 7) is 1.70. The molecule has 0 heterocycles. The second kappa shape index (κ2) is 5.84. The van der Waals surface area contributed by atoms with Crippen molar-refractivity contribution in [2.24, 2.45) is 0 Å². The molecule has 2 aromatic carbocycles. The number of carbonyl (C=O) groups is 1. The lowest BCUT2D eigenvalue weighted by Gasteiger charge is -2.07. The number of nitriles is 1. The van der Waals surface area contributed by atoms with E-state index in [0.29, 0.717) is 16.8 Å². The van der Waals surface area contributed by atoms with Gasteiger partial charge in [0.15, 0.2) is 0 Å². The van der Waals surface area contributed by atoms with Crippen molar-refractivity contribution in [2.75, 3.05) is 5.32 Å². The van der Waals surface area contributed by atoms with Gasteiger partial charge >= 0.3 is 0 Å². The Labute approximate surface area is 120 Å². The Morgan fingerprint density at radius 2 is 2.05 bits per heavy atom. The summed E-state index contributed by atoms with van der Waals surface area (Å²) in [4.78, 5) is 22.4. The van der Waals surface area contributed by atoms with Gasteiger partial charge in [-0.05, 0) is 30.7 Å². The molecule has 0 saturated carbocycles. The summed E-state index contributed by atoms with van der Waals surface area (Å²) in [5.41, 5.74) is 1.60. The molecule has 1 amide bonds. The molecule has 0 bridgehead atoms. The van der Waals surface area contributed by atoms with Gasteiger partial charge in [-0.3, -0.25) is 14.9 Å². The van der Waals surface area contributed by atoms with Crippen molar-refractivity contribution in [1.82, 2.24) is 0 Å². The summed E-state index contributed by atoms with van der Waals surface area (Å²) in [6.07, 6.45) is 0. The third kappa shape index (κ3) is 3.22. The number of aryl methyl sites for hydroxylation is 1. The van der Waals surface area contributed by atoms with Crippen LogP contribution >= 0.6 is 0 Å². The molecule has 0 aliphatic rings. The monoisotopic (exact) mass is 281 g/mol. The number of hydrogen-bond acceptors (Lipinski definition) is 4. The topological polar surface area (TPSA) is 96.0 Å². The van der Waals surface area contributed by atoms with Gasteiger partial charge in [0.1, 0.15) is 0 Å². The summed E-state index contributed by atoms with van der Waals surface area (Å²) >= 11 is 0. The molecule has 0 atom stereocenters. The molecular weight excluding hydrogens is 270 g/mol. The minimum Gasteiger partial charge on any atom is -0.322 e. The minimum absolute atomic E-state index is 0.142. The Bertz CT molecular complexity index is 763. The van der Waals surface area contributed by atoms with Crippen LogP contribution in [0.2, 0.25) is 0 Å². The molecule has 0 aromatic heterocycles. The van der Waals surface area contributed by atoms with Gasteiger partial charge < -0.3 is 5.32 Å². The van der Waals surface area contributed by atoms with Crippen molar-refractivity contribution in [2.45, 2.75) is 6.92 Å². The quantitative estimate of drug-likeness (QED) is 0.690. The predicted octanol–water partition coefficient (Wildman–Crippen LogP) is 3.03. The summed E-state index contributed by atoms with van der Waals surface area (Å²) in [7, 11) is 0. The Morgan fingerprint density at radius 3 is 2.71 bits per heavy atom. The van der Waals surface area contributed by atoms with Crippen molar-refractivity contribution in [1.29, 1.82) is 5.26 Å². The van der Waals surface area contributed by atoms with Crippen LogP contribution in [0.1, 0.15) is 21.5 Å². The zero-order valence-corrected chi connectivity index (χ0v) is 11.2. The van der Waals surface area contributed by atoms with Gasteiger partial charge in [-0.1, -0.05) is 12.1 Å². The van der Waals surface area contributed by atoms with Crippen molar-refractivity contribution >= 4 is 17.3 Å². The van der Waals surface area contributed by atoms with Crippen molar-refractivity contribution in [3.63, 3.8) is 0 Å². The lowest BCUT2D eigenvalue weighted by Crippen LogP contribution is -2.13. The molecule has 2 aromatic rings. The number of nitro benzene ring substituents is 1. The molecule has 0 aliphatic carbocycles. The van der Waals surface area contributed by atoms with Gasteiger partial charge in [-0.15, -0.1) is 0 Å². The fourth-order valence-corrected chi connectivity index (χ4v) is 1.83. The molecule has 6 heteroatoms. The van der Waals surface area contributed by atoms with Gasteiger partial charge in [-0.2, -0.15) is 5.26 Å². The fourth-order valence-electron chi connectivity index (χ4n) is 1.83. The van der Waals surface area contributed by atoms with Crippen LogP contribution in [0.4, 0.5) is 11.4 Å². The number of hydrogen-bond donors (Lipinski definition) is 1. The van der Waals surface area contributed by atoms with Crippen molar-refractivity contribution < 1.29 is 9.72 Å². The lowest BCUT2D eigenvalue weighted by molar-refractivity contribution is -0.384. The first-order chi connectivity index (χ1) is 10.0. The molecule has 1 N–H and O–H groups in total. The van der Waals surface area contributed by atoms with Crippen LogP contribution in [0.5, 0.6) is 0 Å². The van der Waals surface area contributed by atoms with Crippen LogP contribution in [0.15, 0.2) is 42.5 Å². The molecule has 0 radical (unpaired) electrons. The minimum atomic E-state index is -0.549. The molecule has 6 nitrogen and oxygen atoms in total. The first-order valence-electron chi connectivity index (χ1n) is 6.08. The molecule has 21 heavy (non-hydrogen) atoms. The highest BCUT2D eigenvalue weighted by atomic mass is 16.6. The molecule has 0 fully saturated rings. The molecule has 0 aliphatic heterocycles. The average Bonchev–Trinajstić information content (AvgIpc) is 2.47. The highest BCUT2D eigenvalue weighted by Gasteiger charge is 2.14. The largest absolute Gasteiger partial charge is 0.322 e. The van der Waals surface area contributed by atoms with E-state index in [9.17, 15) is 14.9 Å². The SMILES string of the molecule is Cc1ccc([N+](=O)[O-])cc1C(=O)Nc1cccc(C#N)c1. The zero-order chi connectivity index (χ0) is 15.4. The number of carbonyl (C=O) groups excluding carboxylic acids is 1. The average molecular weight is 281 g/mol. The Hall–Kier alpha value is -3.20. The van der Waals surface area contributed by atoms with E-state index in [1.165, 1.54) is 24.3 Å². The van der Waals surface area contributed by atoms with Gasteiger partial charge in [0.05, 0.1) is 16.6 Å². The maximum Gasteiger partial charge on any atom is 0.270 e. The van der Waals surface area contributed by atoms with Gasteiger partial charge in [0, 0.05) is 23.4 Å². The number of nitrogens with one attached hydrogen (secondary N) is 1. The van der Waals surface area contributed by atoms with Gasteiger partial charge in [-0.25, -0.2) is 0 Å². The van der Waals surface area contributed by atoms with E-state index in [4.69, 9.17) is 5.26 Å². The maximum absolute atomic E-state index is 12.2. The Morgan fingerprint density at radius 1 is 1.29 bits per heavy atom. The summed E-state index contributed by atoms with van der Waals surface area (Å²) < 4.78 is 0. The van der Waals surface area contributed by atoms with E-state index in [2.05, 4.69) is 5.32 Å². The Kier molecular flexibility index (Phi) is 3.95. The van der Waals surface area contributed by atoms with E-state index in [1.807, 2.05) is 6.07 Å². The maximum atomic E-state index is 12.2. The van der Waals surface area contributed by atoms with Crippen LogP contribution in [-0.4, -0.2) is 10.8 Å². The van der Waals surface area contributed by atoms with Crippen LogP contribution in [0.25, 0.3) is 0 Å². The number of nitro groups is 1. The first kappa shape index (κ1) is 14.2. The van der Waals surface area contributed by atoms with Crippen LogP contribution < -0.4 is 5.32 Å². The summed E-state index contributed by atoms with van der Waals surface area (Å²) in [5, 5.41) is 22.2. The fraction of sp³-hybridized carbons (Fsp3) is 0.0667. The highest BCUT2D eigenvalue weighted by molar-refractivity contribution is 6.05.